The van der Waals surface area contributed by atoms with Gasteiger partial charge in [0.2, 0.25) is 0 Å². The van der Waals surface area contributed by atoms with E-state index in [1.807, 2.05) is 24.3 Å². The normalized spacial score (nSPS) is 13.9. The minimum atomic E-state index is -0.175. The second-order valence-electron chi connectivity index (χ2n) is 7.39. The fourth-order valence-electron chi connectivity index (χ4n) is 3.76. The predicted octanol–water partition coefficient (Wildman–Crippen LogP) is 5.56. The largest absolute Gasteiger partial charge is 0.382 e. The van der Waals surface area contributed by atoms with Gasteiger partial charge < -0.3 is 5.73 Å². The molecule has 3 nitrogen and oxygen atoms in total. The van der Waals surface area contributed by atoms with E-state index in [0.29, 0.717) is 29.4 Å². The number of nitrogens with two attached hydrogens (primary N) is 1. The summed E-state index contributed by atoms with van der Waals surface area (Å²) in [7, 11) is 0. The molecule has 2 aromatic carbocycles. The van der Waals surface area contributed by atoms with Gasteiger partial charge in [-0.15, -0.1) is 0 Å². The van der Waals surface area contributed by atoms with Crippen molar-refractivity contribution in [2.75, 3.05) is 5.73 Å². The number of aryl methyl sites for hydroxylation is 1. The van der Waals surface area contributed by atoms with E-state index < -0.39 is 0 Å². The van der Waals surface area contributed by atoms with Crippen molar-refractivity contribution in [3.63, 3.8) is 0 Å². The standard InChI is InChI=1S/C24H24FN3/c1-2-16-6-8-17(9-7-16)10-11-20-19(18-4-3-5-18)12-13-21(24(20)25)22-14-28-23(26)15-27-22/h2,6-9,12-15,18H,1,3-5,10-11H2,(H2,26,28). The molecule has 0 unspecified atom stereocenters. The smallest absolute Gasteiger partial charge is 0.141 e. The minimum absolute atomic E-state index is 0.175. The van der Waals surface area contributed by atoms with Gasteiger partial charge in [-0.3, -0.25) is 4.98 Å². The summed E-state index contributed by atoms with van der Waals surface area (Å²) in [5, 5.41) is 0. The molecule has 142 valence electrons. The number of anilines is 1. The van der Waals surface area contributed by atoms with Crippen LogP contribution < -0.4 is 5.73 Å². The number of rotatable bonds is 6. The van der Waals surface area contributed by atoms with Crippen LogP contribution in [0.4, 0.5) is 10.2 Å². The van der Waals surface area contributed by atoms with E-state index in [4.69, 9.17) is 5.73 Å². The van der Waals surface area contributed by atoms with Gasteiger partial charge in [-0.1, -0.05) is 49.4 Å². The molecule has 1 aliphatic rings. The number of benzene rings is 2. The van der Waals surface area contributed by atoms with E-state index in [1.165, 1.54) is 24.4 Å². The Labute approximate surface area is 165 Å². The summed E-state index contributed by atoms with van der Waals surface area (Å²) in [6, 6.07) is 12.2. The Bertz CT molecular complexity index is 974. The third-order valence-electron chi connectivity index (χ3n) is 5.65. The molecule has 1 aromatic heterocycles. The molecule has 0 bridgehead atoms. The molecule has 1 fully saturated rings. The first-order chi connectivity index (χ1) is 13.7. The van der Waals surface area contributed by atoms with Crippen molar-refractivity contribution in [2.24, 2.45) is 0 Å². The minimum Gasteiger partial charge on any atom is -0.382 e. The first-order valence-corrected chi connectivity index (χ1v) is 9.76. The Morgan fingerprint density at radius 1 is 1.04 bits per heavy atom. The van der Waals surface area contributed by atoms with Gasteiger partial charge in [0.25, 0.3) is 0 Å². The molecule has 0 radical (unpaired) electrons. The summed E-state index contributed by atoms with van der Waals surface area (Å²) in [5.41, 5.74) is 10.9. The second-order valence-corrected chi connectivity index (χ2v) is 7.39. The Morgan fingerprint density at radius 3 is 2.43 bits per heavy atom. The van der Waals surface area contributed by atoms with Crippen LogP contribution in [0.5, 0.6) is 0 Å². The quantitative estimate of drug-likeness (QED) is 0.615. The maximum atomic E-state index is 15.5. The SMILES string of the molecule is C=Cc1ccc(CCc2c(C3CCC3)ccc(-c3cnc(N)cn3)c2F)cc1. The fraction of sp³-hybridized carbons (Fsp3) is 0.250. The highest BCUT2D eigenvalue weighted by Gasteiger charge is 2.25. The van der Waals surface area contributed by atoms with Crippen LogP contribution in [0.1, 0.15) is 47.4 Å². The van der Waals surface area contributed by atoms with Crippen LogP contribution in [0.15, 0.2) is 55.4 Å². The topological polar surface area (TPSA) is 51.8 Å². The van der Waals surface area contributed by atoms with Gasteiger partial charge in [-0.05, 0) is 59.9 Å². The molecule has 0 spiro atoms. The van der Waals surface area contributed by atoms with Gasteiger partial charge in [-0.2, -0.15) is 0 Å². The van der Waals surface area contributed by atoms with E-state index in [2.05, 4.69) is 34.7 Å². The van der Waals surface area contributed by atoms with Gasteiger partial charge in [-0.25, -0.2) is 9.37 Å². The highest BCUT2D eigenvalue weighted by atomic mass is 19.1. The van der Waals surface area contributed by atoms with Crippen LogP contribution in [0.2, 0.25) is 0 Å². The summed E-state index contributed by atoms with van der Waals surface area (Å²) >= 11 is 0. The first kappa shape index (κ1) is 18.4. The highest BCUT2D eigenvalue weighted by Crippen LogP contribution is 2.40. The van der Waals surface area contributed by atoms with Gasteiger partial charge >= 0.3 is 0 Å². The number of hydrogen-bond donors (Lipinski definition) is 1. The van der Waals surface area contributed by atoms with Crippen LogP contribution >= 0.6 is 0 Å². The molecule has 0 atom stereocenters. The monoisotopic (exact) mass is 373 g/mol. The maximum absolute atomic E-state index is 15.5. The van der Waals surface area contributed by atoms with Crippen molar-refractivity contribution in [2.45, 2.75) is 38.0 Å². The zero-order chi connectivity index (χ0) is 19.5. The predicted molar refractivity (Wildman–Crippen MR) is 112 cm³/mol. The van der Waals surface area contributed by atoms with Gasteiger partial charge in [0.1, 0.15) is 11.6 Å². The average molecular weight is 373 g/mol. The number of hydrogen-bond acceptors (Lipinski definition) is 3. The van der Waals surface area contributed by atoms with Crippen molar-refractivity contribution in [1.29, 1.82) is 0 Å². The average Bonchev–Trinajstić information content (AvgIpc) is 2.68. The third-order valence-corrected chi connectivity index (χ3v) is 5.65. The number of nitrogens with zero attached hydrogens (tertiary/aromatic N) is 2. The van der Waals surface area contributed by atoms with Crippen molar-refractivity contribution in [3.05, 3.63) is 83.4 Å². The lowest BCUT2D eigenvalue weighted by molar-refractivity contribution is 0.414. The van der Waals surface area contributed by atoms with Crippen LogP contribution in [-0.4, -0.2) is 9.97 Å². The molecule has 2 N–H and O–H groups in total. The summed E-state index contributed by atoms with van der Waals surface area (Å²) in [6.45, 7) is 3.79. The van der Waals surface area contributed by atoms with Crippen LogP contribution in [-0.2, 0) is 12.8 Å². The molecular formula is C24H24FN3. The number of nitrogen functional groups attached to an aromatic ring is 1. The maximum Gasteiger partial charge on any atom is 0.141 e. The number of aromatic nitrogens is 2. The van der Waals surface area contributed by atoms with Crippen LogP contribution in [0.3, 0.4) is 0 Å². The van der Waals surface area contributed by atoms with Crippen molar-refractivity contribution in [3.8, 4) is 11.3 Å². The second kappa shape index (κ2) is 7.93. The molecule has 1 aliphatic carbocycles. The van der Waals surface area contributed by atoms with Crippen LogP contribution in [0.25, 0.3) is 17.3 Å². The molecule has 1 saturated carbocycles. The van der Waals surface area contributed by atoms with E-state index in [1.54, 1.807) is 0 Å². The molecular weight excluding hydrogens is 349 g/mol. The lowest BCUT2D eigenvalue weighted by Crippen LogP contribution is -2.13. The van der Waals surface area contributed by atoms with E-state index in [0.717, 1.165) is 36.0 Å². The summed E-state index contributed by atoms with van der Waals surface area (Å²) < 4.78 is 15.5. The summed E-state index contributed by atoms with van der Waals surface area (Å²) in [5.74, 6) is 0.629. The summed E-state index contributed by atoms with van der Waals surface area (Å²) in [6.07, 6.45) is 9.80. The van der Waals surface area contributed by atoms with Crippen LogP contribution in [0, 0.1) is 5.82 Å². The van der Waals surface area contributed by atoms with Crippen molar-refractivity contribution >= 4 is 11.9 Å². The van der Waals surface area contributed by atoms with Gasteiger partial charge in [0.15, 0.2) is 0 Å². The molecule has 3 aromatic rings. The van der Waals surface area contributed by atoms with Crippen molar-refractivity contribution in [1.82, 2.24) is 9.97 Å². The van der Waals surface area contributed by atoms with E-state index in [-0.39, 0.29) is 5.82 Å². The molecule has 4 heteroatoms. The van der Waals surface area contributed by atoms with Gasteiger partial charge in [0.05, 0.1) is 18.1 Å². The highest BCUT2D eigenvalue weighted by molar-refractivity contribution is 5.62. The third kappa shape index (κ3) is 3.68. The Kier molecular flexibility index (Phi) is 5.20. The van der Waals surface area contributed by atoms with Gasteiger partial charge in [0, 0.05) is 5.56 Å². The number of halogens is 1. The molecule has 0 saturated heterocycles. The van der Waals surface area contributed by atoms with E-state index >= 15 is 4.39 Å². The van der Waals surface area contributed by atoms with E-state index in [9.17, 15) is 0 Å². The molecule has 0 amide bonds. The zero-order valence-electron chi connectivity index (χ0n) is 15.9. The lowest BCUT2D eigenvalue weighted by Gasteiger charge is -2.29. The Morgan fingerprint density at radius 2 is 1.82 bits per heavy atom. The molecule has 28 heavy (non-hydrogen) atoms. The Hall–Kier alpha value is -3.01. The molecule has 0 aliphatic heterocycles. The Balaban J connectivity index is 1.66. The lowest BCUT2D eigenvalue weighted by atomic mass is 9.77. The zero-order valence-corrected chi connectivity index (χ0v) is 15.9. The fourth-order valence-corrected chi connectivity index (χ4v) is 3.76. The first-order valence-electron chi connectivity index (χ1n) is 9.76. The molecule has 1 heterocycles. The van der Waals surface area contributed by atoms with Crippen molar-refractivity contribution < 1.29 is 4.39 Å². The molecule has 4 rings (SSSR count). The summed E-state index contributed by atoms with van der Waals surface area (Å²) in [4.78, 5) is 8.32.